The highest BCUT2D eigenvalue weighted by atomic mass is 19.1. The fraction of sp³-hybridized carbons (Fsp3) is 0.357. The van der Waals surface area contributed by atoms with E-state index in [0.717, 1.165) is 12.1 Å². The van der Waals surface area contributed by atoms with Gasteiger partial charge in [0.1, 0.15) is 0 Å². The minimum absolute atomic E-state index is 0.203. The molecule has 1 rings (SSSR count). The number of amides is 1. The number of rotatable bonds is 7. The molecule has 0 fully saturated rings. The maximum Gasteiger partial charge on any atom is 0.258 e. The zero-order valence-corrected chi connectivity index (χ0v) is 11.3. The highest BCUT2D eigenvalue weighted by Crippen LogP contribution is 2.23. The molecule has 0 aliphatic carbocycles. The summed E-state index contributed by atoms with van der Waals surface area (Å²) in [5, 5.41) is 2.44. The summed E-state index contributed by atoms with van der Waals surface area (Å²) < 4.78 is 32.3. The van der Waals surface area contributed by atoms with E-state index in [2.05, 4.69) is 11.9 Å². The van der Waals surface area contributed by atoms with Gasteiger partial charge in [0.2, 0.25) is 0 Å². The lowest BCUT2D eigenvalue weighted by molar-refractivity contribution is -0.122. The van der Waals surface area contributed by atoms with Crippen LogP contribution in [0.25, 0.3) is 0 Å². The average Bonchev–Trinajstić information content (AvgIpc) is 2.34. The van der Waals surface area contributed by atoms with Gasteiger partial charge in [0.15, 0.2) is 24.0 Å². The van der Waals surface area contributed by atoms with Crippen LogP contribution in [0.15, 0.2) is 24.8 Å². The summed E-state index contributed by atoms with van der Waals surface area (Å²) >= 11 is 0. The van der Waals surface area contributed by atoms with Gasteiger partial charge >= 0.3 is 0 Å². The van der Waals surface area contributed by atoms with E-state index < -0.39 is 29.9 Å². The normalized spacial score (nSPS) is 11.8. The number of carbonyl (C=O) groups is 1. The average molecular weight is 284 g/mol. The summed E-state index contributed by atoms with van der Waals surface area (Å²) in [6, 6.07) is 2.11. The summed E-state index contributed by atoms with van der Waals surface area (Å²) in [5.41, 5.74) is 6.01. The first-order valence-electron chi connectivity index (χ1n) is 6.18. The highest BCUT2D eigenvalue weighted by molar-refractivity contribution is 5.77. The summed E-state index contributed by atoms with van der Waals surface area (Å²) in [5.74, 6) is -2.75. The summed E-state index contributed by atoms with van der Waals surface area (Å²) in [6.07, 6.45) is 1.84. The lowest BCUT2D eigenvalue weighted by Crippen LogP contribution is -2.29. The molecule has 20 heavy (non-hydrogen) atoms. The van der Waals surface area contributed by atoms with Crippen molar-refractivity contribution in [3.8, 4) is 5.75 Å². The molecule has 1 amide bonds. The van der Waals surface area contributed by atoms with Gasteiger partial charge in [-0.1, -0.05) is 6.08 Å². The van der Waals surface area contributed by atoms with Gasteiger partial charge in [0.25, 0.3) is 5.91 Å². The van der Waals surface area contributed by atoms with E-state index in [4.69, 9.17) is 10.5 Å². The van der Waals surface area contributed by atoms with Crippen LogP contribution in [0.4, 0.5) is 8.78 Å². The molecule has 1 unspecified atom stereocenters. The van der Waals surface area contributed by atoms with Crippen molar-refractivity contribution >= 4 is 5.91 Å². The molecular weight excluding hydrogens is 266 g/mol. The second-order valence-corrected chi connectivity index (χ2v) is 4.45. The van der Waals surface area contributed by atoms with E-state index in [-0.39, 0.29) is 12.6 Å². The monoisotopic (exact) mass is 284 g/mol. The number of carbonyl (C=O) groups excluding carboxylic acids is 1. The first-order chi connectivity index (χ1) is 9.43. The van der Waals surface area contributed by atoms with Crippen molar-refractivity contribution in [2.45, 2.75) is 19.4 Å². The predicted octanol–water partition coefficient (Wildman–Crippen LogP) is 1.54. The number of ether oxygens (including phenoxy) is 1. The maximum absolute atomic E-state index is 13.7. The van der Waals surface area contributed by atoms with Gasteiger partial charge in [-0.15, -0.1) is 6.58 Å². The number of nitrogens with two attached hydrogens (primary N) is 1. The second kappa shape index (κ2) is 7.59. The molecule has 0 radical (unpaired) electrons. The molecule has 0 aromatic heterocycles. The van der Waals surface area contributed by atoms with Crippen LogP contribution in [0, 0.1) is 11.6 Å². The Morgan fingerprint density at radius 2 is 2.10 bits per heavy atom. The van der Waals surface area contributed by atoms with Gasteiger partial charge in [0, 0.05) is 12.6 Å². The van der Waals surface area contributed by atoms with E-state index in [1.807, 2.05) is 0 Å². The van der Waals surface area contributed by atoms with Crippen LogP contribution in [0.1, 0.15) is 12.5 Å². The third kappa shape index (κ3) is 4.97. The van der Waals surface area contributed by atoms with Crippen LogP contribution in [-0.2, 0) is 11.2 Å². The fourth-order valence-electron chi connectivity index (χ4n) is 1.61. The molecule has 0 aliphatic heterocycles. The first kappa shape index (κ1) is 16.1. The van der Waals surface area contributed by atoms with Crippen molar-refractivity contribution in [1.29, 1.82) is 0 Å². The molecule has 0 aliphatic rings. The van der Waals surface area contributed by atoms with Gasteiger partial charge in [-0.05, 0) is 31.0 Å². The topological polar surface area (TPSA) is 64.3 Å². The first-order valence-corrected chi connectivity index (χ1v) is 6.18. The number of halogens is 2. The quantitative estimate of drug-likeness (QED) is 0.746. The van der Waals surface area contributed by atoms with Crippen molar-refractivity contribution in [2.24, 2.45) is 5.73 Å². The summed E-state index contributed by atoms with van der Waals surface area (Å²) in [6.45, 7) is 4.97. The van der Waals surface area contributed by atoms with E-state index in [1.54, 1.807) is 6.92 Å². The number of hydrogen-bond acceptors (Lipinski definition) is 3. The SMILES string of the molecule is C=CCNC(=O)COc1c(F)cc(CC(C)N)cc1F. The molecule has 1 aromatic rings. The van der Waals surface area contributed by atoms with E-state index >= 15 is 0 Å². The molecule has 0 bridgehead atoms. The lowest BCUT2D eigenvalue weighted by atomic mass is 10.1. The molecule has 3 N–H and O–H groups in total. The van der Waals surface area contributed by atoms with Crippen molar-refractivity contribution in [1.82, 2.24) is 5.32 Å². The highest BCUT2D eigenvalue weighted by Gasteiger charge is 2.14. The second-order valence-electron chi connectivity index (χ2n) is 4.45. The van der Waals surface area contributed by atoms with Crippen LogP contribution in [0.5, 0.6) is 5.75 Å². The Morgan fingerprint density at radius 1 is 1.50 bits per heavy atom. The predicted molar refractivity (Wildman–Crippen MR) is 72.4 cm³/mol. The van der Waals surface area contributed by atoms with Crippen LogP contribution in [0.2, 0.25) is 0 Å². The Hall–Kier alpha value is -1.95. The van der Waals surface area contributed by atoms with Crippen LogP contribution in [-0.4, -0.2) is 25.1 Å². The molecule has 0 spiro atoms. The van der Waals surface area contributed by atoms with Gasteiger partial charge in [-0.3, -0.25) is 4.79 Å². The zero-order valence-electron chi connectivity index (χ0n) is 11.3. The van der Waals surface area contributed by atoms with Gasteiger partial charge in [0.05, 0.1) is 0 Å². The van der Waals surface area contributed by atoms with Gasteiger partial charge in [-0.2, -0.15) is 0 Å². The Balaban J connectivity index is 2.71. The minimum atomic E-state index is -0.850. The van der Waals surface area contributed by atoms with Crippen LogP contribution in [0.3, 0.4) is 0 Å². The molecule has 1 atom stereocenters. The van der Waals surface area contributed by atoms with Crippen molar-refractivity contribution in [2.75, 3.05) is 13.2 Å². The van der Waals surface area contributed by atoms with E-state index in [0.29, 0.717) is 12.0 Å². The Bertz CT molecular complexity index is 467. The van der Waals surface area contributed by atoms with Crippen molar-refractivity contribution in [3.63, 3.8) is 0 Å². The van der Waals surface area contributed by atoms with Gasteiger partial charge < -0.3 is 15.8 Å². The van der Waals surface area contributed by atoms with E-state index in [9.17, 15) is 13.6 Å². The number of nitrogens with one attached hydrogen (secondary N) is 1. The maximum atomic E-state index is 13.7. The van der Waals surface area contributed by atoms with Gasteiger partial charge in [-0.25, -0.2) is 8.78 Å². The number of hydrogen-bond donors (Lipinski definition) is 2. The smallest absolute Gasteiger partial charge is 0.258 e. The van der Waals surface area contributed by atoms with Crippen molar-refractivity contribution in [3.05, 3.63) is 42.0 Å². The van der Waals surface area contributed by atoms with Crippen LogP contribution < -0.4 is 15.8 Å². The minimum Gasteiger partial charge on any atom is -0.478 e. The molecule has 0 heterocycles. The summed E-state index contributed by atoms with van der Waals surface area (Å²) in [4.78, 5) is 11.3. The van der Waals surface area contributed by atoms with Crippen molar-refractivity contribution < 1.29 is 18.3 Å². The molecular formula is C14H18F2N2O2. The zero-order chi connectivity index (χ0) is 15.1. The fourth-order valence-corrected chi connectivity index (χ4v) is 1.61. The molecule has 4 nitrogen and oxygen atoms in total. The Labute approximate surface area is 116 Å². The third-order valence-corrected chi connectivity index (χ3v) is 2.41. The third-order valence-electron chi connectivity index (χ3n) is 2.41. The molecule has 6 heteroatoms. The van der Waals surface area contributed by atoms with E-state index in [1.165, 1.54) is 6.08 Å². The Morgan fingerprint density at radius 3 is 2.60 bits per heavy atom. The number of benzene rings is 1. The molecule has 0 saturated carbocycles. The molecule has 0 saturated heterocycles. The standard InChI is InChI=1S/C14H18F2N2O2/c1-3-4-18-13(19)8-20-14-11(15)6-10(5-9(2)17)7-12(14)16/h3,6-7,9H,1,4-5,8,17H2,2H3,(H,18,19). The largest absolute Gasteiger partial charge is 0.478 e. The molecule has 110 valence electrons. The lowest BCUT2D eigenvalue weighted by Gasteiger charge is -2.11. The summed E-state index contributed by atoms with van der Waals surface area (Å²) in [7, 11) is 0. The van der Waals surface area contributed by atoms with Crippen LogP contribution >= 0.6 is 0 Å². The Kier molecular flexibility index (Phi) is 6.11. The molecule has 1 aromatic carbocycles.